The fraction of sp³-hybridized carbons (Fsp3) is 0.474. The molecule has 0 spiro atoms. The molecular weight excluding hydrogens is 304 g/mol. The van der Waals surface area contributed by atoms with Crippen molar-refractivity contribution in [2.24, 2.45) is 5.41 Å². The van der Waals surface area contributed by atoms with Gasteiger partial charge in [-0.15, -0.1) is 6.58 Å². The van der Waals surface area contributed by atoms with E-state index < -0.39 is 5.41 Å². The summed E-state index contributed by atoms with van der Waals surface area (Å²) in [5, 5.41) is 0. The first kappa shape index (κ1) is 18.0. The van der Waals surface area contributed by atoms with Gasteiger partial charge in [0.05, 0.1) is 12.5 Å². The van der Waals surface area contributed by atoms with Gasteiger partial charge in [0.15, 0.2) is 0 Å². The zero-order valence-electron chi connectivity index (χ0n) is 14.7. The van der Waals surface area contributed by atoms with Crippen LogP contribution in [0.25, 0.3) is 0 Å². The van der Waals surface area contributed by atoms with Gasteiger partial charge in [0.25, 0.3) is 5.91 Å². The first-order chi connectivity index (χ1) is 11.4. The molecule has 2 amide bonds. The molecule has 0 bridgehead atoms. The van der Waals surface area contributed by atoms with Crippen molar-refractivity contribution >= 4 is 11.8 Å². The SMILES string of the molecule is C=CC(C)(CC)C(=O)N1CCN(C(=O)c2cccc(OC)c2)CC1. The number of methoxy groups -OCH3 is 1. The Bertz CT molecular complexity index is 621. The molecule has 1 aliphatic rings. The molecule has 0 aromatic heterocycles. The maximum atomic E-state index is 12.6. The van der Waals surface area contributed by atoms with Gasteiger partial charge in [-0.25, -0.2) is 0 Å². The van der Waals surface area contributed by atoms with Crippen molar-refractivity contribution < 1.29 is 14.3 Å². The Labute approximate surface area is 143 Å². The highest BCUT2D eigenvalue weighted by molar-refractivity contribution is 5.95. The van der Waals surface area contributed by atoms with Crippen LogP contribution >= 0.6 is 0 Å². The summed E-state index contributed by atoms with van der Waals surface area (Å²) in [6.07, 6.45) is 2.45. The topological polar surface area (TPSA) is 49.9 Å². The number of hydrogen-bond acceptors (Lipinski definition) is 3. The molecule has 0 saturated carbocycles. The van der Waals surface area contributed by atoms with Crippen LogP contribution in [-0.2, 0) is 4.79 Å². The van der Waals surface area contributed by atoms with E-state index in [9.17, 15) is 9.59 Å². The van der Waals surface area contributed by atoms with E-state index in [0.717, 1.165) is 6.42 Å². The maximum absolute atomic E-state index is 12.6. The largest absolute Gasteiger partial charge is 0.497 e. The summed E-state index contributed by atoms with van der Waals surface area (Å²) in [6.45, 7) is 9.88. The molecule has 0 radical (unpaired) electrons. The van der Waals surface area contributed by atoms with Crippen molar-refractivity contribution in [2.75, 3.05) is 33.3 Å². The Balaban J connectivity index is 2.00. The van der Waals surface area contributed by atoms with E-state index in [1.165, 1.54) is 0 Å². The monoisotopic (exact) mass is 330 g/mol. The normalized spacial score (nSPS) is 17.1. The molecule has 1 aliphatic heterocycles. The summed E-state index contributed by atoms with van der Waals surface area (Å²) in [7, 11) is 1.58. The van der Waals surface area contributed by atoms with Crippen LogP contribution in [-0.4, -0.2) is 54.9 Å². The number of nitrogens with zero attached hydrogens (tertiary/aromatic N) is 2. The van der Waals surface area contributed by atoms with E-state index in [4.69, 9.17) is 4.74 Å². The number of rotatable bonds is 5. The summed E-state index contributed by atoms with van der Waals surface area (Å²) in [4.78, 5) is 28.9. The van der Waals surface area contributed by atoms with E-state index in [2.05, 4.69) is 6.58 Å². The van der Waals surface area contributed by atoms with Crippen molar-refractivity contribution in [3.05, 3.63) is 42.5 Å². The van der Waals surface area contributed by atoms with Crippen LogP contribution in [0.1, 0.15) is 30.6 Å². The molecule has 1 aromatic carbocycles. The summed E-state index contributed by atoms with van der Waals surface area (Å²) in [5.41, 5.74) is 0.0810. The molecule has 2 rings (SSSR count). The van der Waals surface area contributed by atoms with Crippen LogP contribution in [0.3, 0.4) is 0 Å². The Morgan fingerprint density at radius 2 is 1.88 bits per heavy atom. The summed E-state index contributed by atoms with van der Waals surface area (Å²) in [5.74, 6) is 0.732. The van der Waals surface area contributed by atoms with Crippen LogP contribution in [0, 0.1) is 5.41 Å². The van der Waals surface area contributed by atoms with E-state index >= 15 is 0 Å². The van der Waals surface area contributed by atoms with Crippen LogP contribution in [0.4, 0.5) is 0 Å². The molecule has 1 aromatic rings. The van der Waals surface area contributed by atoms with Gasteiger partial charge in [-0.2, -0.15) is 0 Å². The third kappa shape index (κ3) is 3.61. The number of carbonyl (C=O) groups excluding carboxylic acids is 2. The lowest BCUT2D eigenvalue weighted by molar-refractivity contribution is -0.140. The second-order valence-electron chi connectivity index (χ2n) is 6.29. The lowest BCUT2D eigenvalue weighted by Crippen LogP contribution is -2.53. The minimum absolute atomic E-state index is 0.0250. The zero-order chi connectivity index (χ0) is 17.7. The highest BCUT2D eigenvalue weighted by atomic mass is 16.5. The Kier molecular flexibility index (Phi) is 5.65. The molecule has 1 saturated heterocycles. The average Bonchev–Trinajstić information content (AvgIpc) is 2.66. The van der Waals surface area contributed by atoms with Crippen molar-refractivity contribution in [1.82, 2.24) is 9.80 Å². The summed E-state index contributed by atoms with van der Waals surface area (Å²) in [6, 6.07) is 7.15. The lowest BCUT2D eigenvalue weighted by atomic mass is 9.86. The minimum atomic E-state index is -0.529. The van der Waals surface area contributed by atoms with Gasteiger partial charge in [0.1, 0.15) is 5.75 Å². The highest BCUT2D eigenvalue weighted by Crippen LogP contribution is 2.26. The van der Waals surface area contributed by atoms with E-state index in [0.29, 0.717) is 37.5 Å². The van der Waals surface area contributed by atoms with Gasteiger partial charge in [-0.3, -0.25) is 9.59 Å². The molecular formula is C19H26N2O3. The predicted molar refractivity (Wildman–Crippen MR) is 94.1 cm³/mol. The lowest BCUT2D eigenvalue weighted by Gasteiger charge is -2.38. The van der Waals surface area contributed by atoms with Gasteiger partial charge >= 0.3 is 0 Å². The van der Waals surface area contributed by atoms with Crippen LogP contribution in [0.15, 0.2) is 36.9 Å². The fourth-order valence-electron chi connectivity index (χ4n) is 2.80. The molecule has 1 atom stereocenters. The second-order valence-corrected chi connectivity index (χ2v) is 6.29. The molecule has 0 N–H and O–H groups in total. The van der Waals surface area contributed by atoms with Gasteiger partial charge in [-0.1, -0.05) is 19.1 Å². The van der Waals surface area contributed by atoms with Gasteiger partial charge in [0, 0.05) is 31.7 Å². The maximum Gasteiger partial charge on any atom is 0.254 e. The number of amides is 2. The van der Waals surface area contributed by atoms with Crippen LogP contribution in [0.5, 0.6) is 5.75 Å². The van der Waals surface area contributed by atoms with E-state index in [-0.39, 0.29) is 11.8 Å². The second kappa shape index (κ2) is 7.51. The molecule has 130 valence electrons. The molecule has 1 fully saturated rings. The number of piperazine rings is 1. The molecule has 5 heteroatoms. The first-order valence-electron chi connectivity index (χ1n) is 8.31. The quantitative estimate of drug-likeness (QED) is 0.780. The standard InChI is InChI=1S/C19H26N2O3/c1-5-19(3,6-2)18(23)21-12-10-20(11-13-21)17(22)15-8-7-9-16(14-15)24-4/h5,7-9,14H,1,6,10-13H2,2-4H3. The number of ether oxygens (including phenoxy) is 1. The van der Waals surface area contributed by atoms with E-state index in [1.54, 1.807) is 30.2 Å². The molecule has 0 aliphatic carbocycles. The predicted octanol–water partition coefficient (Wildman–Crippen LogP) is 2.58. The Morgan fingerprint density at radius 1 is 1.25 bits per heavy atom. The number of benzene rings is 1. The number of carbonyl (C=O) groups is 2. The average molecular weight is 330 g/mol. The van der Waals surface area contributed by atoms with Crippen molar-refractivity contribution in [2.45, 2.75) is 20.3 Å². The summed E-state index contributed by atoms with van der Waals surface area (Å²) < 4.78 is 5.17. The molecule has 1 unspecified atom stereocenters. The minimum Gasteiger partial charge on any atom is -0.497 e. The van der Waals surface area contributed by atoms with Crippen LogP contribution < -0.4 is 4.74 Å². The van der Waals surface area contributed by atoms with Gasteiger partial charge in [-0.05, 0) is 31.5 Å². The molecule has 24 heavy (non-hydrogen) atoms. The van der Waals surface area contributed by atoms with Crippen molar-refractivity contribution in [1.29, 1.82) is 0 Å². The van der Waals surface area contributed by atoms with Gasteiger partial charge in [0.2, 0.25) is 5.91 Å². The highest BCUT2D eigenvalue weighted by Gasteiger charge is 2.34. The Hall–Kier alpha value is -2.30. The first-order valence-corrected chi connectivity index (χ1v) is 8.31. The van der Waals surface area contributed by atoms with Crippen LogP contribution in [0.2, 0.25) is 0 Å². The zero-order valence-corrected chi connectivity index (χ0v) is 14.7. The molecule has 1 heterocycles. The Morgan fingerprint density at radius 3 is 2.42 bits per heavy atom. The third-order valence-corrected chi connectivity index (χ3v) is 4.84. The smallest absolute Gasteiger partial charge is 0.254 e. The van der Waals surface area contributed by atoms with Crippen molar-refractivity contribution in [3.63, 3.8) is 0 Å². The van der Waals surface area contributed by atoms with Gasteiger partial charge < -0.3 is 14.5 Å². The number of hydrogen-bond donors (Lipinski definition) is 0. The molecule has 5 nitrogen and oxygen atoms in total. The third-order valence-electron chi connectivity index (χ3n) is 4.84. The van der Waals surface area contributed by atoms with E-state index in [1.807, 2.05) is 30.9 Å². The fourth-order valence-corrected chi connectivity index (χ4v) is 2.80. The summed E-state index contributed by atoms with van der Waals surface area (Å²) >= 11 is 0. The van der Waals surface area contributed by atoms with Crippen molar-refractivity contribution in [3.8, 4) is 5.75 Å².